The quantitative estimate of drug-likeness (QED) is 0.831. The molecule has 9 heteroatoms. The second-order valence-electron chi connectivity index (χ2n) is 3.65. The molecule has 2 aromatic rings. The van der Waals surface area contributed by atoms with Crippen molar-refractivity contribution in [2.24, 2.45) is 0 Å². The molecule has 0 atom stereocenters. The molecule has 0 unspecified atom stereocenters. The van der Waals surface area contributed by atoms with Crippen LogP contribution in [0, 0.1) is 0 Å². The van der Waals surface area contributed by atoms with Crippen molar-refractivity contribution < 1.29 is 9.53 Å². The molecular weight excluding hydrogens is 284 g/mol. The lowest BCUT2D eigenvalue weighted by molar-refractivity contribution is 0.0526. The van der Waals surface area contributed by atoms with Crippen LogP contribution in [0.25, 0.3) is 5.95 Å². The molecule has 0 saturated carbocycles. The summed E-state index contributed by atoms with van der Waals surface area (Å²) in [5.41, 5.74) is 0.313. The Morgan fingerprint density at radius 2 is 2.20 bits per heavy atom. The number of rotatable bonds is 5. The third kappa shape index (κ3) is 3.21. The minimum Gasteiger partial charge on any atom is -0.462 e. The summed E-state index contributed by atoms with van der Waals surface area (Å²) in [5.74, 6) is 0.109. The lowest BCUT2D eigenvalue weighted by atomic mass is 10.4. The van der Waals surface area contributed by atoms with E-state index < -0.39 is 5.97 Å². The van der Waals surface area contributed by atoms with Crippen molar-refractivity contribution in [3.8, 4) is 5.95 Å². The van der Waals surface area contributed by atoms with Gasteiger partial charge >= 0.3 is 5.97 Å². The molecule has 0 fully saturated rings. The van der Waals surface area contributed by atoms with Crippen LogP contribution in [0.2, 0.25) is 5.28 Å². The number of ether oxygens (including phenoxy) is 1. The van der Waals surface area contributed by atoms with E-state index in [2.05, 4.69) is 25.4 Å². The van der Waals surface area contributed by atoms with E-state index >= 15 is 0 Å². The largest absolute Gasteiger partial charge is 0.462 e. The van der Waals surface area contributed by atoms with Gasteiger partial charge in [0.15, 0.2) is 0 Å². The summed E-state index contributed by atoms with van der Waals surface area (Å²) in [7, 11) is 0. The predicted octanol–water partition coefficient (Wildman–Crippen LogP) is 1.32. The van der Waals surface area contributed by atoms with Crippen molar-refractivity contribution >= 4 is 23.5 Å². The van der Waals surface area contributed by atoms with Crippen LogP contribution in [-0.4, -0.2) is 43.9 Å². The fourth-order valence-corrected chi connectivity index (χ4v) is 1.59. The van der Waals surface area contributed by atoms with Crippen molar-refractivity contribution in [1.29, 1.82) is 0 Å². The minimum absolute atomic E-state index is 0.0409. The molecule has 0 aliphatic rings. The number of anilines is 1. The van der Waals surface area contributed by atoms with Crippen LogP contribution in [0.4, 0.5) is 5.95 Å². The van der Waals surface area contributed by atoms with Crippen molar-refractivity contribution in [1.82, 2.24) is 24.7 Å². The van der Waals surface area contributed by atoms with Crippen molar-refractivity contribution in [3.63, 3.8) is 0 Å². The molecular formula is C11H13ClN6O2. The standard InChI is InChI=1S/C11H13ClN6O2/c1-3-13-10-15-9(12)16-11(17-10)18-6-7(5-14-18)8(19)20-4-2/h5-6H,3-4H2,1-2H3,(H,13,15,16,17). The molecule has 0 radical (unpaired) electrons. The molecule has 2 heterocycles. The Bertz CT molecular complexity index is 615. The van der Waals surface area contributed by atoms with E-state index in [1.54, 1.807) is 6.92 Å². The molecule has 1 N–H and O–H groups in total. The lowest BCUT2D eigenvalue weighted by Gasteiger charge is -2.04. The zero-order valence-electron chi connectivity index (χ0n) is 11.0. The summed E-state index contributed by atoms with van der Waals surface area (Å²) < 4.78 is 6.21. The number of hydrogen-bond acceptors (Lipinski definition) is 7. The van der Waals surface area contributed by atoms with Crippen LogP contribution >= 0.6 is 11.6 Å². The van der Waals surface area contributed by atoms with Crippen molar-refractivity contribution in [3.05, 3.63) is 23.2 Å². The molecule has 2 aromatic heterocycles. The molecule has 2 rings (SSSR count). The topological polar surface area (TPSA) is 94.8 Å². The van der Waals surface area contributed by atoms with Gasteiger partial charge in [0.1, 0.15) is 0 Å². The van der Waals surface area contributed by atoms with Gasteiger partial charge in [-0.15, -0.1) is 0 Å². The summed E-state index contributed by atoms with van der Waals surface area (Å²) >= 11 is 5.82. The first-order valence-electron chi connectivity index (χ1n) is 6.01. The second-order valence-corrected chi connectivity index (χ2v) is 3.99. The van der Waals surface area contributed by atoms with E-state index in [0.29, 0.717) is 24.7 Å². The van der Waals surface area contributed by atoms with Gasteiger partial charge in [-0.25, -0.2) is 9.48 Å². The molecule has 0 bridgehead atoms. The number of carbonyl (C=O) groups excluding carboxylic acids is 1. The van der Waals surface area contributed by atoms with E-state index in [-0.39, 0.29) is 11.2 Å². The van der Waals surface area contributed by atoms with E-state index in [9.17, 15) is 4.79 Å². The Morgan fingerprint density at radius 1 is 1.40 bits per heavy atom. The summed E-state index contributed by atoms with van der Waals surface area (Å²) in [6.45, 7) is 4.58. The molecule has 0 spiro atoms. The van der Waals surface area contributed by atoms with E-state index in [4.69, 9.17) is 16.3 Å². The zero-order chi connectivity index (χ0) is 14.5. The highest BCUT2D eigenvalue weighted by Gasteiger charge is 2.13. The van der Waals surface area contributed by atoms with Gasteiger partial charge < -0.3 is 10.1 Å². The van der Waals surface area contributed by atoms with E-state index in [1.807, 2.05) is 6.92 Å². The lowest BCUT2D eigenvalue weighted by Crippen LogP contribution is -2.09. The van der Waals surface area contributed by atoms with Crippen molar-refractivity contribution in [2.45, 2.75) is 13.8 Å². The third-order valence-electron chi connectivity index (χ3n) is 2.23. The fraction of sp³-hybridized carbons (Fsp3) is 0.364. The third-order valence-corrected chi connectivity index (χ3v) is 2.40. The molecule has 0 saturated heterocycles. The van der Waals surface area contributed by atoms with Crippen LogP contribution in [-0.2, 0) is 4.74 Å². The minimum atomic E-state index is -0.453. The monoisotopic (exact) mass is 296 g/mol. The average molecular weight is 297 g/mol. The van der Waals surface area contributed by atoms with E-state index in [1.165, 1.54) is 17.1 Å². The number of carbonyl (C=O) groups is 1. The van der Waals surface area contributed by atoms with E-state index in [0.717, 1.165) is 0 Å². The highest BCUT2D eigenvalue weighted by Crippen LogP contribution is 2.10. The SMILES string of the molecule is CCNc1nc(Cl)nc(-n2cc(C(=O)OCC)cn2)n1. The molecule has 8 nitrogen and oxygen atoms in total. The Labute approximate surface area is 120 Å². The summed E-state index contributed by atoms with van der Waals surface area (Å²) in [6.07, 6.45) is 2.85. The average Bonchev–Trinajstić information content (AvgIpc) is 2.88. The number of aromatic nitrogens is 5. The normalized spacial score (nSPS) is 10.3. The Balaban J connectivity index is 2.29. The number of nitrogens with zero attached hydrogens (tertiary/aromatic N) is 5. The van der Waals surface area contributed by atoms with Crippen LogP contribution in [0.1, 0.15) is 24.2 Å². The molecule has 106 valence electrons. The smallest absolute Gasteiger partial charge is 0.341 e. The highest BCUT2D eigenvalue weighted by atomic mass is 35.5. The molecule has 0 aromatic carbocycles. The molecule has 0 amide bonds. The number of halogens is 1. The summed E-state index contributed by atoms with van der Waals surface area (Å²) in [4.78, 5) is 23.6. The molecule has 0 aliphatic heterocycles. The van der Waals surface area contributed by atoms with Gasteiger partial charge in [-0.05, 0) is 25.4 Å². The van der Waals surface area contributed by atoms with Crippen LogP contribution in [0.5, 0.6) is 0 Å². The Hall–Kier alpha value is -2.22. The second kappa shape index (κ2) is 6.29. The zero-order valence-corrected chi connectivity index (χ0v) is 11.8. The van der Waals surface area contributed by atoms with Crippen molar-refractivity contribution in [2.75, 3.05) is 18.5 Å². The van der Waals surface area contributed by atoms with Gasteiger partial charge in [-0.1, -0.05) is 0 Å². The van der Waals surface area contributed by atoms with Gasteiger partial charge in [0.05, 0.1) is 18.4 Å². The molecule has 0 aliphatic carbocycles. The first-order valence-corrected chi connectivity index (χ1v) is 6.39. The van der Waals surface area contributed by atoms with Gasteiger partial charge in [0, 0.05) is 12.7 Å². The van der Waals surface area contributed by atoms with Crippen LogP contribution in [0.15, 0.2) is 12.4 Å². The Morgan fingerprint density at radius 3 is 2.90 bits per heavy atom. The highest BCUT2D eigenvalue weighted by molar-refractivity contribution is 6.28. The van der Waals surface area contributed by atoms with Gasteiger partial charge in [-0.2, -0.15) is 20.1 Å². The van der Waals surface area contributed by atoms with Gasteiger partial charge in [-0.3, -0.25) is 0 Å². The first-order chi connectivity index (χ1) is 9.63. The fourth-order valence-electron chi connectivity index (χ4n) is 1.43. The maximum Gasteiger partial charge on any atom is 0.341 e. The summed E-state index contributed by atoms with van der Waals surface area (Å²) in [5, 5.41) is 6.98. The van der Waals surface area contributed by atoms with Crippen LogP contribution < -0.4 is 5.32 Å². The molecule has 20 heavy (non-hydrogen) atoms. The number of nitrogens with one attached hydrogen (secondary N) is 1. The maximum atomic E-state index is 11.6. The maximum absolute atomic E-state index is 11.6. The summed E-state index contributed by atoms with van der Waals surface area (Å²) in [6, 6.07) is 0. The number of hydrogen-bond donors (Lipinski definition) is 1. The van der Waals surface area contributed by atoms with Gasteiger partial charge in [0.25, 0.3) is 5.95 Å². The Kier molecular flexibility index (Phi) is 4.46. The van der Waals surface area contributed by atoms with Gasteiger partial charge in [0.2, 0.25) is 11.2 Å². The predicted molar refractivity (Wildman–Crippen MR) is 72.1 cm³/mol. The van der Waals surface area contributed by atoms with Crippen LogP contribution in [0.3, 0.4) is 0 Å². The first kappa shape index (κ1) is 14.2. The number of esters is 1.